The molecule has 6 heteroatoms. The molecule has 88 valence electrons. The van der Waals surface area contributed by atoms with Crippen molar-refractivity contribution in [3.8, 4) is 0 Å². The number of amides is 1. The Morgan fingerprint density at radius 1 is 1.56 bits per heavy atom. The molecule has 1 N–H and O–H groups in total. The van der Waals surface area contributed by atoms with Gasteiger partial charge in [-0.3, -0.25) is 4.79 Å². The van der Waals surface area contributed by atoms with E-state index >= 15 is 0 Å². The number of nitrogens with zero attached hydrogens (tertiary/aromatic N) is 2. The highest BCUT2D eigenvalue weighted by Gasteiger charge is 2.18. The number of rotatable bonds is 4. The van der Waals surface area contributed by atoms with Crippen molar-refractivity contribution in [2.75, 3.05) is 27.2 Å². The number of hydrogen-bond acceptors (Lipinski definition) is 3. The smallest absolute Gasteiger partial charge is 0.256 e. The number of carbonyl (C=O) groups is 1. The Kier molecular flexibility index (Phi) is 4.30. The summed E-state index contributed by atoms with van der Waals surface area (Å²) in [5.74, 6) is -3.02. The van der Waals surface area contributed by atoms with Crippen LogP contribution in [0.4, 0.5) is 8.78 Å². The lowest BCUT2D eigenvalue weighted by Gasteiger charge is -2.17. The molecule has 0 saturated carbocycles. The molecular formula is C10H13F2N3O. The first kappa shape index (κ1) is 12.5. The van der Waals surface area contributed by atoms with Crippen LogP contribution in [-0.2, 0) is 0 Å². The summed E-state index contributed by atoms with van der Waals surface area (Å²) in [6.07, 6.45) is 1.07. The topological polar surface area (TPSA) is 45.2 Å². The average molecular weight is 229 g/mol. The van der Waals surface area contributed by atoms with Gasteiger partial charge in [0.25, 0.3) is 5.91 Å². The second-order valence-electron chi connectivity index (χ2n) is 3.29. The Morgan fingerprint density at radius 2 is 2.25 bits per heavy atom. The second kappa shape index (κ2) is 5.50. The van der Waals surface area contributed by atoms with Gasteiger partial charge in [-0.15, -0.1) is 0 Å². The number of carbonyl (C=O) groups excluding carboxylic acids is 1. The summed E-state index contributed by atoms with van der Waals surface area (Å²) in [7, 11) is 3.27. The third kappa shape index (κ3) is 2.73. The summed E-state index contributed by atoms with van der Waals surface area (Å²) in [5.41, 5.74) is -0.300. The number of hydrogen-bond donors (Lipinski definition) is 1. The van der Waals surface area contributed by atoms with Crippen molar-refractivity contribution >= 4 is 5.91 Å². The molecule has 1 amide bonds. The Morgan fingerprint density at radius 3 is 2.88 bits per heavy atom. The SMILES string of the molecule is CNCCN(C)C(=O)c1ccnc(F)c1F. The molecule has 0 aliphatic heterocycles. The fourth-order valence-electron chi connectivity index (χ4n) is 1.17. The van der Waals surface area contributed by atoms with Crippen LogP contribution in [0.5, 0.6) is 0 Å². The van der Waals surface area contributed by atoms with Gasteiger partial charge in [0.05, 0.1) is 5.56 Å². The van der Waals surface area contributed by atoms with Crippen LogP contribution < -0.4 is 5.32 Å². The van der Waals surface area contributed by atoms with Crippen LogP contribution in [0.25, 0.3) is 0 Å². The third-order valence-electron chi connectivity index (χ3n) is 2.12. The summed E-state index contributed by atoms with van der Waals surface area (Å²) >= 11 is 0. The quantitative estimate of drug-likeness (QED) is 0.771. The van der Waals surface area contributed by atoms with Gasteiger partial charge >= 0.3 is 0 Å². The van der Waals surface area contributed by atoms with Crippen LogP contribution in [0, 0.1) is 11.8 Å². The Hall–Kier alpha value is -1.56. The Labute approximate surface area is 92.3 Å². The molecule has 0 radical (unpaired) electrons. The van der Waals surface area contributed by atoms with E-state index in [4.69, 9.17) is 0 Å². The maximum atomic E-state index is 13.2. The molecule has 1 aromatic heterocycles. The summed E-state index contributed by atoms with van der Waals surface area (Å²) < 4.78 is 26.0. The second-order valence-corrected chi connectivity index (χ2v) is 3.29. The van der Waals surface area contributed by atoms with Crippen LogP contribution in [0.2, 0.25) is 0 Å². The lowest BCUT2D eigenvalue weighted by atomic mass is 10.2. The van der Waals surface area contributed by atoms with E-state index < -0.39 is 17.7 Å². The van der Waals surface area contributed by atoms with Crippen molar-refractivity contribution in [3.05, 3.63) is 29.6 Å². The zero-order valence-corrected chi connectivity index (χ0v) is 9.13. The predicted octanol–water partition coefficient (Wildman–Crippen LogP) is 0.651. The molecule has 0 unspecified atom stereocenters. The first-order valence-corrected chi connectivity index (χ1v) is 4.78. The maximum Gasteiger partial charge on any atom is 0.256 e. The van der Waals surface area contributed by atoms with Crippen LogP contribution in [0.3, 0.4) is 0 Å². The zero-order valence-electron chi connectivity index (χ0n) is 9.13. The fourth-order valence-corrected chi connectivity index (χ4v) is 1.17. The van der Waals surface area contributed by atoms with E-state index in [9.17, 15) is 13.6 Å². The van der Waals surface area contributed by atoms with Crippen molar-refractivity contribution in [1.82, 2.24) is 15.2 Å². The highest BCUT2D eigenvalue weighted by atomic mass is 19.2. The molecule has 4 nitrogen and oxygen atoms in total. The molecule has 1 heterocycles. The van der Waals surface area contributed by atoms with Crippen molar-refractivity contribution in [3.63, 3.8) is 0 Å². The van der Waals surface area contributed by atoms with Crippen LogP contribution in [0.1, 0.15) is 10.4 Å². The van der Waals surface area contributed by atoms with E-state index in [-0.39, 0.29) is 5.56 Å². The van der Waals surface area contributed by atoms with Gasteiger partial charge in [0.15, 0.2) is 5.82 Å². The lowest BCUT2D eigenvalue weighted by Crippen LogP contribution is -2.33. The van der Waals surface area contributed by atoms with E-state index in [0.717, 1.165) is 12.3 Å². The van der Waals surface area contributed by atoms with Gasteiger partial charge in [0.2, 0.25) is 5.95 Å². The van der Waals surface area contributed by atoms with Crippen LogP contribution >= 0.6 is 0 Å². The summed E-state index contributed by atoms with van der Waals surface area (Å²) in [4.78, 5) is 16.1. The Bertz CT molecular complexity index is 384. The fraction of sp³-hybridized carbons (Fsp3) is 0.400. The van der Waals surface area contributed by atoms with Gasteiger partial charge in [0.1, 0.15) is 0 Å². The molecule has 0 bridgehead atoms. The molecular weight excluding hydrogens is 216 g/mol. The number of likely N-dealkylation sites (N-methyl/N-ethyl adjacent to an activating group) is 2. The number of aromatic nitrogens is 1. The number of nitrogens with one attached hydrogen (secondary N) is 1. The minimum absolute atomic E-state index is 0.300. The molecule has 0 aliphatic carbocycles. The number of pyridine rings is 1. The van der Waals surface area contributed by atoms with E-state index in [1.165, 1.54) is 11.9 Å². The largest absolute Gasteiger partial charge is 0.340 e. The summed E-state index contributed by atoms with van der Waals surface area (Å²) in [6, 6.07) is 1.16. The van der Waals surface area contributed by atoms with Gasteiger partial charge in [-0.1, -0.05) is 0 Å². The maximum absolute atomic E-state index is 13.2. The predicted molar refractivity (Wildman–Crippen MR) is 55.0 cm³/mol. The Balaban J connectivity index is 2.84. The molecule has 0 aliphatic rings. The van der Waals surface area contributed by atoms with Crippen molar-refractivity contribution < 1.29 is 13.6 Å². The molecule has 0 saturated heterocycles. The van der Waals surface area contributed by atoms with E-state index in [0.29, 0.717) is 13.1 Å². The van der Waals surface area contributed by atoms with E-state index in [2.05, 4.69) is 10.3 Å². The third-order valence-corrected chi connectivity index (χ3v) is 2.12. The molecule has 1 aromatic rings. The monoisotopic (exact) mass is 229 g/mol. The van der Waals surface area contributed by atoms with Crippen molar-refractivity contribution in [1.29, 1.82) is 0 Å². The first-order chi connectivity index (χ1) is 7.57. The van der Waals surface area contributed by atoms with E-state index in [1.54, 1.807) is 7.05 Å². The lowest BCUT2D eigenvalue weighted by molar-refractivity contribution is 0.0790. The number of halogens is 2. The van der Waals surface area contributed by atoms with Gasteiger partial charge in [-0.2, -0.15) is 4.39 Å². The van der Waals surface area contributed by atoms with Crippen LogP contribution in [0.15, 0.2) is 12.3 Å². The molecule has 0 fully saturated rings. The summed E-state index contributed by atoms with van der Waals surface area (Å²) in [5, 5.41) is 2.86. The van der Waals surface area contributed by atoms with E-state index in [1.807, 2.05) is 0 Å². The van der Waals surface area contributed by atoms with Crippen molar-refractivity contribution in [2.45, 2.75) is 0 Å². The normalized spacial score (nSPS) is 10.2. The first-order valence-electron chi connectivity index (χ1n) is 4.78. The van der Waals surface area contributed by atoms with Gasteiger partial charge in [0, 0.05) is 26.3 Å². The minimum atomic E-state index is -1.26. The molecule has 0 atom stereocenters. The standard InChI is InChI=1S/C10H13F2N3O/c1-13-5-6-15(2)10(16)7-3-4-14-9(12)8(7)11/h3-4,13H,5-6H2,1-2H3. The van der Waals surface area contributed by atoms with Gasteiger partial charge in [-0.05, 0) is 13.1 Å². The highest BCUT2D eigenvalue weighted by Crippen LogP contribution is 2.10. The highest BCUT2D eigenvalue weighted by molar-refractivity contribution is 5.94. The molecule has 1 rings (SSSR count). The minimum Gasteiger partial charge on any atom is -0.340 e. The molecule has 0 spiro atoms. The average Bonchev–Trinajstić information content (AvgIpc) is 2.28. The summed E-state index contributed by atoms with van der Waals surface area (Å²) in [6.45, 7) is 0.996. The van der Waals surface area contributed by atoms with Crippen LogP contribution in [-0.4, -0.2) is 43.0 Å². The van der Waals surface area contributed by atoms with Crippen molar-refractivity contribution in [2.24, 2.45) is 0 Å². The van der Waals surface area contributed by atoms with Gasteiger partial charge < -0.3 is 10.2 Å². The van der Waals surface area contributed by atoms with Gasteiger partial charge in [-0.25, -0.2) is 9.37 Å². The molecule has 16 heavy (non-hydrogen) atoms. The zero-order chi connectivity index (χ0) is 12.1. The molecule has 0 aromatic carbocycles.